The Morgan fingerprint density at radius 1 is 1.62 bits per heavy atom. The number of aliphatic hydroxyl groups is 1. The Labute approximate surface area is 101 Å². The lowest BCUT2D eigenvalue weighted by molar-refractivity contribution is 0.00845. The van der Waals surface area contributed by atoms with Crippen LogP contribution in [0.2, 0.25) is 5.02 Å². The van der Waals surface area contributed by atoms with Crippen molar-refractivity contribution in [3.63, 3.8) is 0 Å². The maximum atomic E-state index is 10.6. The van der Waals surface area contributed by atoms with Gasteiger partial charge in [-0.15, -0.1) is 0 Å². The van der Waals surface area contributed by atoms with E-state index in [2.05, 4.69) is 5.10 Å². The fourth-order valence-corrected chi connectivity index (χ4v) is 2.84. The van der Waals surface area contributed by atoms with Gasteiger partial charge in [0, 0.05) is 6.54 Å². The Morgan fingerprint density at radius 2 is 2.31 bits per heavy atom. The first-order valence-corrected chi connectivity index (χ1v) is 6.36. The minimum Gasteiger partial charge on any atom is -0.384 e. The molecule has 4 heteroatoms. The normalized spacial score (nSPS) is 20.5. The Bertz CT molecular complexity index is 369. The number of rotatable bonds is 4. The average molecular weight is 243 g/mol. The van der Waals surface area contributed by atoms with Crippen LogP contribution >= 0.6 is 11.6 Å². The number of hydrogen-bond donors (Lipinski definition) is 1. The molecular formula is C12H19ClN2O. The molecule has 1 fully saturated rings. The minimum atomic E-state index is -0.852. The van der Waals surface area contributed by atoms with Gasteiger partial charge in [0.1, 0.15) is 5.60 Å². The molecule has 0 aromatic carbocycles. The van der Waals surface area contributed by atoms with E-state index < -0.39 is 5.60 Å². The van der Waals surface area contributed by atoms with Crippen molar-refractivity contribution in [3.8, 4) is 0 Å². The molecule has 1 N–H and O–H groups in total. The van der Waals surface area contributed by atoms with Crippen LogP contribution in [0.3, 0.4) is 0 Å². The van der Waals surface area contributed by atoms with Crippen LogP contribution in [-0.2, 0) is 12.1 Å². The van der Waals surface area contributed by atoms with Crippen molar-refractivity contribution in [3.05, 3.63) is 16.9 Å². The molecule has 0 radical (unpaired) electrons. The van der Waals surface area contributed by atoms with Crippen LogP contribution in [0.1, 0.15) is 45.2 Å². The zero-order valence-corrected chi connectivity index (χ0v) is 10.7. The van der Waals surface area contributed by atoms with Gasteiger partial charge in [-0.05, 0) is 26.2 Å². The van der Waals surface area contributed by atoms with Gasteiger partial charge in [-0.1, -0.05) is 30.9 Å². The molecule has 1 aliphatic carbocycles. The summed E-state index contributed by atoms with van der Waals surface area (Å²) in [4.78, 5) is 0. The molecular weight excluding hydrogens is 224 g/mol. The lowest BCUT2D eigenvalue weighted by atomic mass is 9.77. The summed E-state index contributed by atoms with van der Waals surface area (Å²) in [5.41, 5.74) is -0.0853. The molecule has 0 spiro atoms. The Kier molecular flexibility index (Phi) is 3.27. The highest BCUT2D eigenvalue weighted by molar-refractivity contribution is 6.31. The summed E-state index contributed by atoms with van der Waals surface area (Å²) in [6.07, 6.45) is 6.16. The van der Waals surface area contributed by atoms with Gasteiger partial charge in [-0.2, -0.15) is 5.10 Å². The van der Waals surface area contributed by atoms with E-state index in [9.17, 15) is 5.11 Å². The van der Waals surface area contributed by atoms with E-state index in [4.69, 9.17) is 11.6 Å². The Balaban J connectivity index is 2.22. The molecule has 0 amide bonds. The maximum absolute atomic E-state index is 10.6. The summed E-state index contributed by atoms with van der Waals surface area (Å²) in [5.74, 6) is 0.645. The van der Waals surface area contributed by atoms with E-state index in [1.807, 2.05) is 13.8 Å². The maximum Gasteiger partial charge on any atom is 0.105 e. The van der Waals surface area contributed by atoms with Crippen LogP contribution in [-0.4, -0.2) is 14.9 Å². The molecule has 0 bridgehead atoms. The van der Waals surface area contributed by atoms with Gasteiger partial charge >= 0.3 is 0 Å². The summed E-state index contributed by atoms with van der Waals surface area (Å²) in [6, 6.07) is 0. The third-order valence-electron chi connectivity index (χ3n) is 3.52. The van der Waals surface area contributed by atoms with Crippen molar-refractivity contribution in [1.29, 1.82) is 0 Å². The average Bonchev–Trinajstić information content (AvgIpc) is 2.54. The number of halogens is 1. The largest absolute Gasteiger partial charge is 0.384 e. The third kappa shape index (κ3) is 2.11. The quantitative estimate of drug-likeness (QED) is 0.882. The van der Waals surface area contributed by atoms with E-state index in [1.165, 1.54) is 19.3 Å². The monoisotopic (exact) mass is 242 g/mol. The Hall–Kier alpha value is -0.540. The zero-order valence-electron chi connectivity index (χ0n) is 9.91. The molecule has 1 heterocycles. The topological polar surface area (TPSA) is 38.0 Å². The highest BCUT2D eigenvalue weighted by atomic mass is 35.5. The van der Waals surface area contributed by atoms with Gasteiger partial charge in [0.25, 0.3) is 0 Å². The number of aryl methyl sites for hydroxylation is 1. The summed E-state index contributed by atoms with van der Waals surface area (Å²) in [5, 5.41) is 15.3. The first kappa shape index (κ1) is 11.9. The van der Waals surface area contributed by atoms with Crippen LogP contribution in [0.15, 0.2) is 6.20 Å². The molecule has 1 aromatic heterocycles. The van der Waals surface area contributed by atoms with Crippen molar-refractivity contribution < 1.29 is 5.11 Å². The van der Waals surface area contributed by atoms with E-state index >= 15 is 0 Å². The molecule has 1 saturated carbocycles. The Morgan fingerprint density at radius 3 is 2.81 bits per heavy atom. The van der Waals surface area contributed by atoms with Crippen LogP contribution in [0.5, 0.6) is 0 Å². The van der Waals surface area contributed by atoms with Crippen LogP contribution in [0.4, 0.5) is 0 Å². The predicted molar refractivity (Wildman–Crippen MR) is 64.4 cm³/mol. The van der Waals surface area contributed by atoms with Crippen LogP contribution < -0.4 is 0 Å². The van der Waals surface area contributed by atoms with Crippen LogP contribution in [0.25, 0.3) is 0 Å². The fraction of sp³-hybridized carbons (Fsp3) is 0.750. The lowest BCUT2D eigenvalue weighted by Crippen LogP contribution is -2.30. The summed E-state index contributed by atoms with van der Waals surface area (Å²) in [7, 11) is 0. The van der Waals surface area contributed by atoms with Gasteiger partial charge in [0.05, 0.1) is 16.9 Å². The molecule has 3 nitrogen and oxygen atoms in total. The molecule has 1 aliphatic rings. The first-order chi connectivity index (χ1) is 7.54. The van der Waals surface area contributed by atoms with E-state index in [0.717, 1.165) is 18.7 Å². The third-order valence-corrected chi connectivity index (χ3v) is 3.79. The van der Waals surface area contributed by atoms with Crippen molar-refractivity contribution in [2.75, 3.05) is 0 Å². The minimum absolute atomic E-state index is 0.575. The molecule has 90 valence electrons. The predicted octanol–water partition coefficient (Wildman–Crippen LogP) is 2.95. The molecule has 1 aromatic rings. The van der Waals surface area contributed by atoms with E-state index in [0.29, 0.717) is 10.9 Å². The highest BCUT2D eigenvalue weighted by Gasteiger charge is 2.34. The summed E-state index contributed by atoms with van der Waals surface area (Å²) < 4.78 is 1.79. The first-order valence-electron chi connectivity index (χ1n) is 5.98. The number of nitrogens with zero attached hydrogens (tertiary/aromatic N) is 2. The SMILES string of the molecule is CCn1ncc(Cl)c1C(C)(O)CC1CCC1. The summed E-state index contributed by atoms with van der Waals surface area (Å²) >= 11 is 6.11. The van der Waals surface area contributed by atoms with Gasteiger partial charge in [0.2, 0.25) is 0 Å². The number of aromatic nitrogens is 2. The van der Waals surface area contributed by atoms with E-state index in [1.54, 1.807) is 10.9 Å². The van der Waals surface area contributed by atoms with Gasteiger partial charge in [-0.3, -0.25) is 4.68 Å². The van der Waals surface area contributed by atoms with Gasteiger partial charge in [-0.25, -0.2) is 0 Å². The molecule has 16 heavy (non-hydrogen) atoms. The summed E-state index contributed by atoms with van der Waals surface area (Å²) in [6.45, 7) is 4.59. The second-order valence-electron chi connectivity index (χ2n) is 4.93. The molecule has 1 unspecified atom stereocenters. The zero-order chi connectivity index (χ0) is 11.8. The molecule has 1 atom stereocenters. The fourth-order valence-electron chi connectivity index (χ4n) is 2.49. The van der Waals surface area contributed by atoms with Crippen molar-refractivity contribution in [2.24, 2.45) is 5.92 Å². The molecule has 2 rings (SSSR count). The standard InChI is InChI=1S/C12H19ClN2O/c1-3-15-11(10(13)8-14-15)12(2,16)7-9-5-4-6-9/h8-9,16H,3-7H2,1-2H3. The van der Waals surface area contributed by atoms with Crippen molar-refractivity contribution in [2.45, 2.75) is 51.7 Å². The smallest absolute Gasteiger partial charge is 0.105 e. The molecule has 0 aliphatic heterocycles. The van der Waals surface area contributed by atoms with Gasteiger partial charge < -0.3 is 5.11 Å². The second kappa shape index (κ2) is 4.38. The van der Waals surface area contributed by atoms with Gasteiger partial charge in [0.15, 0.2) is 0 Å². The lowest BCUT2D eigenvalue weighted by Gasteiger charge is -2.33. The number of hydrogen-bond acceptors (Lipinski definition) is 2. The van der Waals surface area contributed by atoms with E-state index in [-0.39, 0.29) is 0 Å². The molecule has 0 saturated heterocycles. The van der Waals surface area contributed by atoms with Crippen molar-refractivity contribution >= 4 is 11.6 Å². The van der Waals surface area contributed by atoms with Crippen molar-refractivity contribution in [1.82, 2.24) is 9.78 Å². The van der Waals surface area contributed by atoms with Crippen LogP contribution in [0, 0.1) is 5.92 Å². The highest BCUT2D eigenvalue weighted by Crippen LogP contribution is 2.39. The second-order valence-corrected chi connectivity index (χ2v) is 5.34.